The minimum atomic E-state index is -0.510. The number of anilines is 1. The second-order valence-electron chi connectivity index (χ2n) is 4.52. The second-order valence-corrected chi connectivity index (χ2v) is 4.52. The van der Waals surface area contributed by atoms with Gasteiger partial charge in [-0.25, -0.2) is 13.8 Å². The highest BCUT2D eigenvalue weighted by molar-refractivity contribution is 5.37. The predicted octanol–water partition coefficient (Wildman–Crippen LogP) is 3.03. The minimum absolute atomic E-state index is 0.101. The van der Waals surface area contributed by atoms with Crippen LogP contribution < -0.4 is 5.32 Å². The zero-order valence-electron chi connectivity index (χ0n) is 9.95. The predicted molar refractivity (Wildman–Crippen MR) is 64.3 cm³/mol. The largest absolute Gasteiger partial charge is 0.349 e. The molecule has 3 nitrogen and oxygen atoms in total. The Morgan fingerprint density at radius 3 is 2.78 bits per heavy atom. The maximum absolute atomic E-state index is 13.7. The molecule has 1 atom stereocenters. The molecule has 1 aliphatic rings. The molecule has 94 valence electrons. The fraction of sp³-hybridized carbons (Fsp3) is 0.308. The molecule has 2 aromatic rings. The lowest BCUT2D eigenvalue weighted by Gasteiger charge is -2.26. The first-order valence-corrected chi connectivity index (χ1v) is 5.89. The fourth-order valence-corrected chi connectivity index (χ4v) is 2.39. The van der Waals surface area contributed by atoms with Crippen molar-refractivity contribution in [1.29, 1.82) is 0 Å². The number of hydrogen-bond donors (Lipinski definition) is 1. The number of benzene rings is 1. The van der Waals surface area contributed by atoms with Crippen molar-refractivity contribution >= 4 is 5.95 Å². The van der Waals surface area contributed by atoms with Crippen molar-refractivity contribution in [2.45, 2.75) is 25.9 Å². The summed E-state index contributed by atoms with van der Waals surface area (Å²) in [4.78, 5) is 4.29. The lowest BCUT2D eigenvalue weighted by Crippen LogP contribution is -2.23. The summed E-state index contributed by atoms with van der Waals surface area (Å²) in [7, 11) is 0. The van der Waals surface area contributed by atoms with Gasteiger partial charge in [-0.05, 0) is 25.5 Å². The molecule has 1 aromatic carbocycles. The molecule has 3 rings (SSSR count). The standard InChI is InChI=1S/C13H13F2N3/c1-8-7-18-6-5-11(17-13(18)16-8)12-9(14)3-2-4-10(12)15/h2-4,7,11H,5-6H2,1H3,(H,16,17). The maximum Gasteiger partial charge on any atom is 0.203 e. The summed E-state index contributed by atoms with van der Waals surface area (Å²) in [5, 5.41) is 3.09. The van der Waals surface area contributed by atoms with Crippen molar-refractivity contribution in [1.82, 2.24) is 9.55 Å². The van der Waals surface area contributed by atoms with Gasteiger partial charge in [0, 0.05) is 18.3 Å². The Morgan fingerprint density at radius 1 is 1.33 bits per heavy atom. The van der Waals surface area contributed by atoms with Crippen LogP contribution in [0.3, 0.4) is 0 Å². The highest BCUT2D eigenvalue weighted by Crippen LogP contribution is 2.31. The topological polar surface area (TPSA) is 29.9 Å². The molecule has 1 aliphatic heterocycles. The maximum atomic E-state index is 13.7. The molecule has 0 radical (unpaired) electrons. The molecule has 1 unspecified atom stereocenters. The van der Waals surface area contributed by atoms with Crippen LogP contribution in [-0.4, -0.2) is 9.55 Å². The van der Waals surface area contributed by atoms with Crippen LogP contribution in [0, 0.1) is 18.6 Å². The quantitative estimate of drug-likeness (QED) is 0.842. The summed E-state index contributed by atoms with van der Waals surface area (Å²) in [6.45, 7) is 2.60. The summed E-state index contributed by atoms with van der Waals surface area (Å²) in [5.74, 6) is -0.347. The van der Waals surface area contributed by atoms with Gasteiger partial charge in [0.25, 0.3) is 0 Å². The molecule has 2 heterocycles. The monoisotopic (exact) mass is 249 g/mol. The van der Waals surface area contributed by atoms with Crippen molar-refractivity contribution < 1.29 is 8.78 Å². The summed E-state index contributed by atoms with van der Waals surface area (Å²) < 4.78 is 29.4. The molecular weight excluding hydrogens is 236 g/mol. The second kappa shape index (κ2) is 4.08. The van der Waals surface area contributed by atoms with Crippen LogP contribution >= 0.6 is 0 Å². The van der Waals surface area contributed by atoms with Crippen molar-refractivity contribution in [2.75, 3.05) is 5.32 Å². The van der Waals surface area contributed by atoms with Gasteiger partial charge in [-0.1, -0.05) is 6.07 Å². The third-order valence-electron chi connectivity index (χ3n) is 3.21. The third kappa shape index (κ3) is 1.75. The van der Waals surface area contributed by atoms with E-state index in [-0.39, 0.29) is 11.6 Å². The molecule has 0 saturated carbocycles. The van der Waals surface area contributed by atoms with E-state index in [2.05, 4.69) is 10.3 Å². The minimum Gasteiger partial charge on any atom is -0.349 e. The van der Waals surface area contributed by atoms with Gasteiger partial charge in [0.05, 0.1) is 11.7 Å². The molecule has 0 aliphatic carbocycles. The van der Waals surface area contributed by atoms with Crippen molar-refractivity contribution in [3.05, 3.63) is 47.3 Å². The van der Waals surface area contributed by atoms with Gasteiger partial charge in [0.15, 0.2) is 0 Å². The third-order valence-corrected chi connectivity index (χ3v) is 3.21. The van der Waals surface area contributed by atoms with Gasteiger partial charge in [-0.2, -0.15) is 0 Å². The summed E-state index contributed by atoms with van der Waals surface area (Å²) in [5.41, 5.74) is 0.997. The Kier molecular flexibility index (Phi) is 2.54. The van der Waals surface area contributed by atoms with E-state index >= 15 is 0 Å². The van der Waals surface area contributed by atoms with Crippen molar-refractivity contribution in [2.24, 2.45) is 0 Å². The van der Waals surface area contributed by atoms with Crippen LogP contribution in [0.2, 0.25) is 0 Å². The summed E-state index contributed by atoms with van der Waals surface area (Å²) in [6.07, 6.45) is 2.57. The summed E-state index contributed by atoms with van der Waals surface area (Å²) in [6, 6.07) is 3.58. The number of nitrogens with one attached hydrogen (secondary N) is 1. The highest BCUT2D eigenvalue weighted by atomic mass is 19.1. The molecule has 0 spiro atoms. The Labute approximate surface area is 103 Å². The Balaban J connectivity index is 1.96. The lowest BCUT2D eigenvalue weighted by atomic mass is 10.0. The van der Waals surface area contributed by atoms with E-state index < -0.39 is 11.6 Å². The number of rotatable bonds is 1. The van der Waals surface area contributed by atoms with E-state index in [1.165, 1.54) is 18.2 Å². The van der Waals surface area contributed by atoms with Gasteiger partial charge in [0.1, 0.15) is 11.6 Å². The zero-order chi connectivity index (χ0) is 12.7. The van der Waals surface area contributed by atoms with Gasteiger partial charge in [-0.3, -0.25) is 0 Å². The van der Waals surface area contributed by atoms with Crippen molar-refractivity contribution in [3.8, 4) is 0 Å². The van der Waals surface area contributed by atoms with E-state index in [0.717, 1.165) is 5.69 Å². The normalized spacial score (nSPS) is 18.3. The van der Waals surface area contributed by atoms with Gasteiger partial charge in [-0.15, -0.1) is 0 Å². The van der Waals surface area contributed by atoms with Crippen LogP contribution in [0.4, 0.5) is 14.7 Å². The van der Waals surface area contributed by atoms with E-state index in [1.807, 2.05) is 17.7 Å². The van der Waals surface area contributed by atoms with Crippen LogP contribution in [0.1, 0.15) is 23.7 Å². The number of hydrogen-bond acceptors (Lipinski definition) is 2. The van der Waals surface area contributed by atoms with Crippen LogP contribution in [0.25, 0.3) is 0 Å². The fourth-order valence-electron chi connectivity index (χ4n) is 2.39. The highest BCUT2D eigenvalue weighted by Gasteiger charge is 2.25. The molecule has 0 amide bonds. The van der Waals surface area contributed by atoms with Crippen LogP contribution in [0.5, 0.6) is 0 Å². The molecule has 0 bridgehead atoms. The first-order chi connectivity index (χ1) is 8.65. The number of imidazole rings is 1. The zero-order valence-corrected chi connectivity index (χ0v) is 9.95. The molecule has 0 saturated heterocycles. The first kappa shape index (κ1) is 11.2. The number of nitrogens with zero attached hydrogens (tertiary/aromatic N) is 2. The van der Waals surface area contributed by atoms with E-state index in [4.69, 9.17) is 0 Å². The average molecular weight is 249 g/mol. The lowest BCUT2D eigenvalue weighted by molar-refractivity contribution is 0.485. The van der Waals surface area contributed by atoms with E-state index in [0.29, 0.717) is 18.9 Å². The smallest absolute Gasteiger partial charge is 0.203 e. The molecule has 18 heavy (non-hydrogen) atoms. The van der Waals surface area contributed by atoms with Gasteiger partial charge in [0.2, 0.25) is 5.95 Å². The average Bonchev–Trinajstić information content (AvgIpc) is 2.68. The summed E-state index contributed by atoms with van der Waals surface area (Å²) >= 11 is 0. The van der Waals surface area contributed by atoms with Gasteiger partial charge < -0.3 is 9.88 Å². The van der Waals surface area contributed by atoms with E-state index in [9.17, 15) is 8.78 Å². The molecule has 1 aromatic heterocycles. The van der Waals surface area contributed by atoms with Crippen LogP contribution in [-0.2, 0) is 6.54 Å². The molecular formula is C13H13F2N3. The Hall–Kier alpha value is -1.91. The Bertz CT molecular complexity index is 572. The SMILES string of the molecule is Cc1cn2c(n1)NC(c1c(F)cccc1F)CC2. The molecule has 1 N–H and O–H groups in total. The van der Waals surface area contributed by atoms with Crippen molar-refractivity contribution in [3.63, 3.8) is 0 Å². The number of fused-ring (bicyclic) bond motifs is 1. The molecule has 0 fully saturated rings. The Morgan fingerprint density at radius 2 is 2.06 bits per heavy atom. The number of aryl methyl sites for hydroxylation is 2. The van der Waals surface area contributed by atoms with E-state index in [1.54, 1.807) is 0 Å². The first-order valence-electron chi connectivity index (χ1n) is 5.89. The molecule has 5 heteroatoms. The van der Waals surface area contributed by atoms with Crippen LogP contribution in [0.15, 0.2) is 24.4 Å². The number of aromatic nitrogens is 2. The number of halogens is 2. The van der Waals surface area contributed by atoms with Gasteiger partial charge >= 0.3 is 0 Å².